The molecule has 0 saturated carbocycles. The van der Waals surface area contributed by atoms with Crippen LogP contribution in [0.1, 0.15) is 26.4 Å². The van der Waals surface area contributed by atoms with Crippen molar-refractivity contribution < 1.29 is 14.7 Å². The Morgan fingerprint density at radius 1 is 1.27 bits per heavy atom. The lowest BCUT2D eigenvalue weighted by Crippen LogP contribution is -2.08. The number of carbonyl (C=O) groups excluding carboxylic acids is 2. The highest BCUT2D eigenvalue weighted by atomic mass is 35.5. The number of fused-ring (bicyclic) bond motifs is 1. The summed E-state index contributed by atoms with van der Waals surface area (Å²) in [5.41, 5.74) is 1.83. The smallest absolute Gasteiger partial charge is 0.170 e. The molecule has 0 aliphatic carbocycles. The van der Waals surface area contributed by atoms with Crippen molar-refractivity contribution in [3.05, 3.63) is 57.5 Å². The highest BCUT2D eigenvalue weighted by Crippen LogP contribution is 2.27. The van der Waals surface area contributed by atoms with Crippen LogP contribution >= 0.6 is 35.0 Å². The standard InChI is InChI=1S/C16H11Cl2N3O2S.CH4O/c1-24-16-3-2-10(14-4-9(8-22)20-21(14)16)15(23)5-11-12(17)6-19-7-13(11)18;1-2/h2-4,6-8H,5H2,1H3;2H,1H3. The van der Waals surface area contributed by atoms with Crippen LogP contribution in [0.3, 0.4) is 0 Å². The summed E-state index contributed by atoms with van der Waals surface area (Å²) < 4.78 is 1.59. The van der Waals surface area contributed by atoms with Crippen molar-refractivity contribution in [2.24, 2.45) is 0 Å². The Hall–Kier alpha value is -1.93. The monoisotopic (exact) mass is 411 g/mol. The van der Waals surface area contributed by atoms with E-state index in [2.05, 4.69) is 10.1 Å². The minimum atomic E-state index is -0.167. The third-order valence-corrected chi connectivity index (χ3v) is 4.90. The van der Waals surface area contributed by atoms with Crippen molar-refractivity contribution in [1.82, 2.24) is 14.6 Å². The summed E-state index contributed by atoms with van der Waals surface area (Å²) in [7, 11) is 1.00. The fraction of sp³-hybridized carbons (Fsp3) is 0.176. The van der Waals surface area contributed by atoms with E-state index < -0.39 is 0 Å². The van der Waals surface area contributed by atoms with Gasteiger partial charge in [0.15, 0.2) is 12.1 Å². The third-order valence-electron chi connectivity index (χ3n) is 3.53. The number of ketones is 1. The Morgan fingerprint density at radius 3 is 2.50 bits per heavy atom. The largest absolute Gasteiger partial charge is 0.400 e. The Morgan fingerprint density at radius 2 is 1.92 bits per heavy atom. The van der Waals surface area contributed by atoms with Crippen LogP contribution in [0, 0.1) is 0 Å². The first-order valence-electron chi connectivity index (χ1n) is 7.33. The number of aliphatic hydroxyl groups excluding tert-OH is 1. The molecule has 0 spiro atoms. The highest BCUT2D eigenvalue weighted by Gasteiger charge is 2.18. The molecule has 0 aliphatic rings. The van der Waals surface area contributed by atoms with Crippen molar-refractivity contribution in [2.45, 2.75) is 11.4 Å². The molecule has 0 atom stereocenters. The van der Waals surface area contributed by atoms with Crippen LogP contribution in [0.5, 0.6) is 0 Å². The van der Waals surface area contributed by atoms with Gasteiger partial charge in [0.25, 0.3) is 0 Å². The van der Waals surface area contributed by atoms with Gasteiger partial charge in [0.05, 0.1) is 20.6 Å². The molecule has 26 heavy (non-hydrogen) atoms. The van der Waals surface area contributed by atoms with E-state index in [-0.39, 0.29) is 17.9 Å². The molecule has 3 heterocycles. The molecule has 0 saturated heterocycles. The predicted molar refractivity (Wildman–Crippen MR) is 103 cm³/mol. The second kappa shape index (κ2) is 9.14. The zero-order valence-electron chi connectivity index (χ0n) is 13.9. The molecule has 0 amide bonds. The van der Waals surface area contributed by atoms with Gasteiger partial charge in [0.2, 0.25) is 0 Å². The molecule has 0 unspecified atom stereocenters. The number of halogens is 2. The van der Waals surface area contributed by atoms with Gasteiger partial charge in [-0.3, -0.25) is 14.6 Å². The summed E-state index contributed by atoms with van der Waals surface area (Å²) in [5, 5.41) is 12.7. The van der Waals surface area contributed by atoms with Gasteiger partial charge < -0.3 is 5.11 Å². The number of aldehydes is 1. The van der Waals surface area contributed by atoms with Gasteiger partial charge in [-0.2, -0.15) is 5.10 Å². The number of aliphatic hydroxyl groups is 1. The first-order chi connectivity index (χ1) is 12.5. The number of rotatable bonds is 5. The number of hydrogen-bond donors (Lipinski definition) is 1. The maximum absolute atomic E-state index is 12.8. The first kappa shape index (κ1) is 20.4. The van der Waals surface area contributed by atoms with Gasteiger partial charge in [-0.15, -0.1) is 11.8 Å². The average molecular weight is 412 g/mol. The molecule has 0 aromatic carbocycles. The van der Waals surface area contributed by atoms with E-state index in [1.54, 1.807) is 22.7 Å². The second-order valence-electron chi connectivity index (χ2n) is 4.96. The average Bonchev–Trinajstić information content (AvgIpc) is 3.10. The molecule has 3 aromatic rings. The minimum Gasteiger partial charge on any atom is -0.400 e. The van der Waals surface area contributed by atoms with Gasteiger partial charge in [0.1, 0.15) is 5.69 Å². The number of hydrogen-bond acceptors (Lipinski definition) is 6. The lowest BCUT2D eigenvalue weighted by Gasteiger charge is -2.08. The number of nitrogens with zero attached hydrogens (tertiary/aromatic N) is 3. The van der Waals surface area contributed by atoms with E-state index in [9.17, 15) is 9.59 Å². The van der Waals surface area contributed by atoms with Crippen LogP contribution in [-0.2, 0) is 6.42 Å². The fourth-order valence-corrected chi connectivity index (χ4v) is 3.39. The maximum atomic E-state index is 12.8. The molecule has 9 heteroatoms. The SMILES string of the molecule is CO.CSc1ccc(C(=O)Cc2c(Cl)cncc2Cl)c2cc(C=O)nn12. The molecule has 0 radical (unpaired) electrons. The van der Waals surface area contributed by atoms with Crippen molar-refractivity contribution >= 4 is 52.5 Å². The van der Waals surface area contributed by atoms with E-state index in [0.717, 1.165) is 12.1 Å². The van der Waals surface area contributed by atoms with Crippen molar-refractivity contribution in [1.29, 1.82) is 0 Å². The molecular weight excluding hydrogens is 397 g/mol. The molecule has 3 aromatic heterocycles. The molecule has 6 nitrogen and oxygen atoms in total. The Balaban J connectivity index is 0.00000117. The Labute approximate surface area is 164 Å². The van der Waals surface area contributed by atoms with Crippen molar-refractivity contribution in [3.8, 4) is 0 Å². The van der Waals surface area contributed by atoms with Crippen LogP contribution in [0.2, 0.25) is 10.0 Å². The molecule has 0 aliphatic heterocycles. The summed E-state index contributed by atoms with van der Waals surface area (Å²) in [6.07, 6.45) is 5.49. The second-order valence-corrected chi connectivity index (χ2v) is 6.60. The van der Waals surface area contributed by atoms with Gasteiger partial charge in [-0.25, -0.2) is 4.52 Å². The van der Waals surface area contributed by atoms with Gasteiger partial charge in [-0.05, 0) is 24.5 Å². The summed E-state index contributed by atoms with van der Waals surface area (Å²) in [6, 6.07) is 5.11. The van der Waals surface area contributed by atoms with Gasteiger partial charge in [0, 0.05) is 37.1 Å². The van der Waals surface area contributed by atoms with Crippen LogP contribution in [0.15, 0.2) is 35.6 Å². The Bertz CT molecular complexity index is 940. The molecule has 0 fully saturated rings. The van der Waals surface area contributed by atoms with Crippen molar-refractivity contribution in [2.75, 3.05) is 13.4 Å². The summed E-state index contributed by atoms with van der Waals surface area (Å²) in [5.74, 6) is -0.167. The number of aromatic nitrogens is 3. The van der Waals surface area contributed by atoms with E-state index in [1.807, 2.05) is 6.26 Å². The van der Waals surface area contributed by atoms with Crippen LogP contribution < -0.4 is 0 Å². The molecule has 136 valence electrons. The number of Topliss-reactive ketones (excluding diaryl/α,β-unsaturated/α-hetero) is 1. The fourth-order valence-electron chi connectivity index (χ4n) is 2.38. The number of thioether (sulfide) groups is 1. The van der Waals surface area contributed by atoms with Crippen LogP contribution in [0.25, 0.3) is 5.52 Å². The zero-order valence-corrected chi connectivity index (χ0v) is 16.3. The maximum Gasteiger partial charge on any atom is 0.170 e. The van der Waals surface area contributed by atoms with E-state index >= 15 is 0 Å². The highest BCUT2D eigenvalue weighted by molar-refractivity contribution is 7.98. The quantitative estimate of drug-likeness (QED) is 0.392. The van der Waals surface area contributed by atoms with Gasteiger partial charge in [-0.1, -0.05) is 23.2 Å². The predicted octanol–water partition coefficient (Wildman–Crippen LogP) is 3.60. The number of pyridine rings is 2. The summed E-state index contributed by atoms with van der Waals surface area (Å²) in [4.78, 5) is 27.7. The Kier molecular flexibility index (Phi) is 7.16. The number of carbonyl (C=O) groups is 2. The summed E-state index contributed by atoms with van der Waals surface area (Å²) >= 11 is 13.6. The van der Waals surface area contributed by atoms with E-state index in [1.165, 1.54) is 24.2 Å². The lowest BCUT2D eigenvalue weighted by molar-refractivity contribution is 0.0993. The van der Waals surface area contributed by atoms with E-state index in [4.69, 9.17) is 28.3 Å². The lowest BCUT2D eigenvalue weighted by atomic mass is 10.0. The zero-order chi connectivity index (χ0) is 19.3. The van der Waals surface area contributed by atoms with Crippen LogP contribution in [-0.4, -0.2) is 45.1 Å². The third kappa shape index (κ3) is 4.07. The topological polar surface area (TPSA) is 84.6 Å². The molecular formula is C17H15Cl2N3O3S. The minimum absolute atomic E-state index is 0.0378. The molecule has 0 bridgehead atoms. The van der Waals surface area contributed by atoms with Crippen LogP contribution in [0.4, 0.5) is 0 Å². The van der Waals surface area contributed by atoms with Gasteiger partial charge >= 0.3 is 0 Å². The molecule has 1 N–H and O–H groups in total. The summed E-state index contributed by atoms with van der Waals surface area (Å²) in [6.45, 7) is 0. The normalized spacial score (nSPS) is 10.3. The first-order valence-corrected chi connectivity index (χ1v) is 9.31. The molecule has 3 rings (SSSR count). The van der Waals surface area contributed by atoms with E-state index in [0.29, 0.717) is 33.0 Å². The van der Waals surface area contributed by atoms with Crippen molar-refractivity contribution in [3.63, 3.8) is 0 Å².